The Morgan fingerprint density at radius 2 is 2.00 bits per heavy atom. The van der Waals surface area contributed by atoms with Gasteiger partial charge in [-0.15, -0.1) is 0 Å². The molecule has 200 valence electrons. The van der Waals surface area contributed by atoms with E-state index in [4.69, 9.17) is 4.74 Å². The number of amides is 2. The van der Waals surface area contributed by atoms with Crippen LogP contribution >= 0.6 is 0 Å². The van der Waals surface area contributed by atoms with Crippen LogP contribution in [-0.4, -0.2) is 68.5 Å². The maximum Gasteiger partial charge on any atom is 0.270 e. The van der Waals surface area contributed by atoms with Gasteiger partial charge in [0.25, 0.3) is 5.91 Å². The summed E-state index contributed by atoms with van der Waals surface area (Å²) in [5.41, 5.74) is 3.62. The number of aromatic nitrogens is 1. The fraction of sp³-hybridized carbons (Fsp3) is 0.556. The van der Waals surface area contributed by atoms with Gasteiger partial charge in [0.05, 0.1) is 17.0 Å². The third kappa shape index (κ3) is 5.19. The second-order valence-electron chi connectivity index (χ2n) is 10.7. The second kappa shape index (κ2) is 10.2. The molecule has 1 aromatic carbocycles. The topological polar surface area (TPSA) is 121 Å². The smallest absolute Gasteiger partial charge is 0.270 e. The van der Waals surface area contributed by atoms with Gasteiger partial charge >= 0.3 is 0 Å². The minimum absolute atomic E-state index is 0.0112. The molecule has 2 amide bonds. The highest BCUT2D eigenvalue weighted by molar-refractivity contribution is 7.89. The van der Waals surface area contributed by atoms with Crippen molar-refractivity contribution in [3.63, 3.8) is 0 Å². The van der Waals surface area contributed by atoms with Crippen LogP contribution in [0.3, 0.4) is 0 Å². The molecular formula is C27H36N4O5S. The molecule has 10 heteroatoms. The van der Waals surface area contributed by atoms with Gasteiger partial charge in [-0.2, -0.15) is 4.72 Å². The standard InChI is InChI=1S/C27H36N4O5S/c1-18-7-9-21(10-8-18)37(34,35)30-19(2)25(32)29-16-27-12-4-14-36-23(27)11-13-31(17-27)26(33)24-22-6-3-5-20(22)15-28-24/h7-10,15,19,23,28,30H,3-6,11-14,16-17H2,1-2H3,(H,29,32)/t19-,23+,27+/m0/s1. The first kappa shape index (κ1) is 25.9. The van der Waals surface area contributed by atoms with Crippen molar-refractivity contribution in [2.75, 3.05) is 26.2 Å². The number of carbonyl (C=O) groups is 2. The van der Waals surface area contributed by atoms with Crippen molar-refractivity contribution in [1.82, 2.24) is 19.9 Å². The quantitative estimate of drug-likeness (QED) is 0.509. The molecule has 3 atom stereocenters. The molecule has 1 aromatic heterocycles. The van der Waals surface area contributed by atoms with Crippen LogP contribution in [0.1, 0.15) is 59.8 Å². The third-order valence-electron chi connectivity index (χ3n) is 8.11. The molecule has 9 nitrogen and oxygen atoms in total. The average molecular weight is 529 g/mol. The van der Waals surface area contributed by atoms with E-state index >= 15 is 0 Å². The van der Waals surface area contributed by atoms with Crippen LogP contribution in [0.5, 0.6) is 0 Å². The molecule has 2 aliphatic heterocycles. The Balaban J connectivity index is 1.25. The van der Waals surface area contributed by atoms with E-state index in [9.17, 15) is 18.0 Å². The molecule has 1 aliphatic carbocycles. The minimum atomic E-state index is -3.83. The summed E-state index contributed by atoms with van der Waals surface area (Å²) in [6, 6.07) is 5.54. The number of ether oxygens (including phenoxy) is 1. The average Bonchev–Trinajstić information content (AvgIpc) is 3.51. The van der Waals surface area contributed by atoms with E-state index in [-0.39, 0.29) is 16.9 Å². The second-order valence-corrected chi connectivity index (χ2v) is 12.4. The van der Waals surface area contributed by atoms with E-state index in [1.165, 1.54) is 24.6 Å². The summed E-state index contributed by atoms with van der Waals surface area (Å²) in [5, 5.41) is 2.97. The van der Waals surface area contributed by atoms with E-state index in [2.05, 4.69) is 15.0 Å². The Labute approximate surface area is 218 Å². The van der Waals surface area contributed by atoms with Crippen molar-refractivity contribution in [1.29, 1.82) is 0 Å². The first-order valence-electron chi connectivity index (χ1n) is 13.2. The van der Waals surface area contributed by atoms with Gasteiger partial charge in [-0.3, -0.25) is 9.59 Å². The summed E-state index contributed by atoms with van der Waals surface area (Å²) in [4.78, 5) is 31.7. The highest BCUT2D eigenvalue weighted by Crippen LogP contribution is 2.40. The molecule has 2 fully saturated rings. The third-order valence-corrected chi connectivity index (χ3v) is 9.67. The van der Waals surface area contributed by atoms with Crippen molar-refractivity contribution in [2.24, 2.45) is 5.41 Å². The Bertz CT molecular complexity index is 1270. The van der Waals surface area contributed by atoms with Gasteiger partial charge in [-0.25, -0.2) is 8.42 Å². The number of H-pyrrole nitrogens is 1. The number of aryl methyl sites for hydroxylation is 2. The SMILES string of the molecule is Cc1ccc(S(=O)(=O)N[C@@H](C)C(=O)NC[C@@]23CCCO[C@@H]2CCN(C(=O)c2[nH]cc4c2CCC4)C3)cc1. The molecule has 37 heavy (non-hydrogen) atoms. The summed E-state index contributed by atoms with van der Waals surface area (Å²) in [7, 11) is -3.83. The van der Waals surface area contributed by atoms with Gasteiger partial charge in [0.1, 0.15) is 5.69 Å². The van der Waals surface area contributed by atoms with E-state index in [0.717, 1.165) is 43.2 Å². The molecule has 0 radical (unpaired) electrons. The van der Waals surface area contributed by atoms with Crippen LogP contribution in [-0.2, 0) is 32.4 Å². The number of fused-ring (bicyclic) bond motifs is 2. The summed E-state index contributed by atoms with van der Waals surface area (Å²) in [6.07, 6.45) is 7.31. The van der Waals surface area contributed by atoms with E-state index in [1.807, 2.05) is 18.0 Å². The summed E-state index contributed by atoms with van der Waals surface area (Å²) in [5.74, 6) is -0.392. The molecule has 0 saturated carbocycles. The van der Waals surface area contributed by atoms with Crippen molar-refractivity contribution >= 4 is 21.8 Å². The van der Waals surface area contributed by atoms with E-state index in [1.54, 1.807) is 12.1 Å². The van der Waals surface area contributed by atoms with Gasteiger partial charge in [-0.1, -0.05) is 17.7 Å². The molecule has 3 N–H and O–H groups in total. The molecule has 3 heterocycles. The van der Waals surface area contributed by atoms with Crippen LogP contribution in [0.2, 0.25) is 0 Å². The lowest BCUT2D eigenvalue weighted by Crippen LogP contribution is -2.61. The first-order valence-corrected chi connectivity index (χ1v) is 14.6. The van der Waals surface area contributed by atoms with Crippen molar-refractivity contribution in [3.05, 3.63) is 52.8 Å². The number of rotatable bonds is 7. The number of aromatic amines is 1. The maximum absolute atomic E-state index is 13.5. The summed E-state index contributed by atoms with van der Waals surface area (Å²) in [6.45, 7) is 5.51. The van der Waals surface area contributed by atoms with Crippen LogP contribution in [0.15, 0.2) is 35.4 Å². The largest absolute Gasteiger partial charge is 0.377 e. The molecule has 0 bridgehead atoms. The number of piperidine rings is 1. The minimum Gasteiger partial charge on any atom is -0.377 e. The van der Waals surface area contributed by atoms with E-state index in [0.29, 0.717) is 38.4 Å². The molecule has 5 rings (SSSR count). The van der Waals surface area contributed by atoms with E-state index < -0.39 is 27.4 Å². The number of benzene rings is 1. The first-order chi connectivity index (χ1) is 17.7. The number of sulfonamides is 1. The number of carbonyl (C=O) groups excluding carboxylic acids is 2. The van der Waals surface area contributed by atoms with Crippen LogP contribution in [0.25, 0.3) is 0 Å². The maximum atomic E-state index is 13.5. The predicted octanol–water partition coefficient (Wildman–Crippen LogP) is 2.31. The number of nitrogens with zero attached hydrogens (tertiary/aromatic N) is 1. The molecule has 0 unspecified atom stereocenters. The lowest BCUT2D eigenvalue weighted by molar-refractivity contribution is -0.131. The van der Waals surface area contributed by atoms with Gasteiger partial charge in [0.2, 0.25) is 15.9 Å². The van der Waals surface area contributed by atoms with Gasteiger partial charge in [-0.05, 0) is 75.6 Å². The fourth-order valence-electron chi connectivity index (χ4n) is 6.02. The Hall–Kier alpha value is -2.69. The lowest BCUT2D eigenvalue weighted by atomic mass is 9.72. The zero-order valence-electron chi connectivity index (χ0n) is 21.5. The Morgan fingerprint density at radius 1 is 1.22 bits per heavy atom. The number of likely N-dealkylation sites (tertiary alicyclic amines) is 1. The van der Waals surface area contributed by atoms with Crippen LogP contribution in [0, 0.1) is 12.3 Å². The zero-order chi connectivity index (χ0) is 26.2. The van der Waals surface area contributed by atoms with Crippen molar-refractivity contribution < 1.29 is 22.7 Å². The lowest BCUT2D eigenvalue weighted by Gasteiger charge is -2.50. The fourth-order valence-corrected chi connectivity index (χ4v) is 7.22. The van der Waals surface area contributed by atoms with Crippen LogP contribution in [0.4, 0.5) is 0 Å². The Morgan fingerprint density at radius 3 is 2.78 bits per heavy atom. The number of nitrogens with one attached hydrogen (secondary N) is 3. The normalized spacial score (nSPS) is 24.3. The predicted molar refractivity (Wildman–Crippen MR) is 139 cm³/mol. The number of hydrogen-bond donors (Lipinski definition) is 3. The van der Waals surface area contributed by atoms with Gasteiger partial charge in [0.15, 0.2) is 0 Å². The zero-order valence-corrected chi connectivity index (χ0v) is 22.3. The summed E-state index contributed by atoms with van der Waals surface area (Å²) < 4.78 is 34.1. The van der Waals surface area contributed by atoms with Crippen molar-refractivity contribution in [3.8, 4) is 0 Å². The Kier molecular flexibility index (Phi) is 7.17. The molecular weight excluding hydrogens is 492 g/mol. The monoisotopic (exact) mass is 528 g/mol. The summed E-state index contributed by atoms with van der Waals surface area (Å²) >= 11 is 0. The molecule has 2 aromatic rings. The van der Waals surface area contributed by atoms with Gasteiger partial charge in [0, 0.05) is 37.9 Å². The molecule has 0 spiro atoms. The molecule has 2 saturated heterocycles. The number of hydrogen-bond acceptors (Lipinski definition) is 5. The highest BCUT2D eigenvalue weighted by atomic mass is 32.2. The molecule has 3 aliphatic rings. The van der Waals surface area contributed by atoms with Gasteiger partial charge < -0.3 is 19.9 Å². The van der Waals surface area contributed by atoms with Crippen LogP contribution < -0.4 is 10.0 Å². The van der Waals surface area contributed by atoms with Crippen molar-refractivity contribution in [2.45, 2.75) is 69.4 Å². The highest BCUT2D eigenvalue weighted by Gasteiger charge is 2.47.